The van der Waals surface area contributed by atoms with Crippen molar-refractivity contribution >= 4 is 23.6 Å². The van der Waals surface area contributed by atoms with Crippen LogP contribution in [0.4, 0.5) is 0 Å². The third-order valence-corrected chi connectivity index (χ3v) is 2.23. The van der Waals surface area contributed by atoms with Crippen molar-refractivity contribution < 1.29 is 14.6 Å². The average molecular weight is 227 g/mol. The van der Waals surface area contributed by atoms with Gasteiger partial charge in [-0.15, -0.1) is 0 Å². The van der Waals surface area contributed by atoms with Gasteiger partial charge >= 0.3 is 5.97 Å². The molecule has 3 nitrogen and oxygen atoms in total. The molecule has 0 aliphatic rings. The molecule has 0 saturated carbocycles. The van der Waals surface area contributed by atoms with Gasteiger partial charge in [0.15, 0.2) is 0 Å². The van der Waals surface area contributed by atoms with Gasteiger partial charge in [-0.3, -0.25) is 0 Å². The summed E-state index contributed by atoms with van der Waals surface area (Å²) in [5.74, 6) is -0.748. The van der Waals surface area contributed by atoms with E-state index < -0.39 is 5.97 Å². The van der Waals surface area contributed by atoms with Crippen LogP contribution in [0.15, 0.2) is 18.2 Å². The van der Waals surface area contributed by atoms with Gasteiger partial charge in [0.25, 0.3) is 0 Å². The van der Waals surface area contributed by atoms with E-state index >= 15 is 0 Å². The molecular weight excluding hydrogens is 216 g/mol. The van der Waals surface area contributed by atoms with Crippen LogP contribution in [0.2, 0.25) is 5.02 Å². The van der Waals surface area contributed by atoms with E-state index in [1.165, 1.54) is 13.2 Å². The molecule has 1 rings (SSSR count). The van der Waals surface area contributed by atoms with E-state index in [0.717, 1.165) is 0 Å². The summed E-state index contributed by atoms with van der Waals surface area (Å²) in [6.45, 7) is 1.79. The van der Waals surface area contributed by atoms with E-state index in [4.69, 9.17) is 11.6 Å². The quantitative estimate of drug-likeness (QED) is 0.789. The first-order valence-electron chi connectivity index (χ1n) is 4.34. The number of rotatable bonds is 2. The monoisotopic (exact) mass is 226 g/mol. The lowest BCUT2D eigenvalue weighted by Crippen LogP contribution is -2.02. The molecule has 0 aliphatic carbocycles. The van der Waals surface area contributed by atoms with Crippen molar-refractivity contribution in [2.24, 2.45) is 0 Å². The lowest BCUT2D eigenvalue weighted by atomic mass is 10.1. The van der Waals surface area contributed by atoms with Crippen molar-refractivity contribution in [3.05, 3.63) is 34.4 Å². The first-order valence-corrected chi connectivity index (χ1v) is 4.72. The van der Waals surface area contributed by atoms with Gasteiger partial charge in [-0.2, -0.15) is 0 Å². The molecule has 0 atom stereocenters. The van der Waals surface area contributed by atoms with E-state index in [1.54, 1.807) is 25.1 Å². The van der Waals surface area contributed by atoms with Gasteiger partial charge < -0.3 is 9.84 Å². The second-order valence-corrected chi connectivity index (χ2v) is 3.26. The highest BCUT2D eigenvalue weighted by Gasteiger charge is 2.15. The predicted molar refractivity (Wildman–Crippen MR) is 59.2 cm³/mol. The molecule has 0 heterocycles. The van der Waals surface area contributed by atoms with Crippen LogP contribution in [-0.4, -0.2) is 18.2 Å². The molecule has 15 heavy (non-hydrogen) atoms. The van der Waals surface area contributed by atoms with Crippen LogP contribution in [0.1, 0.15) is 22.8 Å². The summed E-state index contributed by atoms with van der Waals surface area (Å²) in [6.07, 6.45) is 3.35. The van der Waals surface area contributed by atoms with Gasteiger partial charge in [0, 0.05) is 5.56 Å². The van der Waals surface area contributed by atoms with Crippen molar-refractivity contribution in [1.82, 2.24) is 0 Å². The largest absolute Gasteiger partial charge is 0.506 e. The third-order valence-electron chi connectivity index (χ3n) is 1.90. The summed E-state index contributed by atoms with van der Waals surface area (Å²) in [5.41, 5.74) is 0.525. The third kappa shape index (κ3) is 2.30. The number of hydrogen-bond acceptors (Lipinski definition) is 3. The molecule has 0 amide bonds. The zero-order chi connectivity index (χ0) is 11.4. The van der Waals surface area contributed by atoms with Gasteiger partial charge in [-0.05, 0) is 19.1 Å². The van der Waals surface area contributed by atoms with Crippen LogP contribution in [0, 0.1) is 0 Å². The Labute approximate surface area is 92.9 Å². The maximum absolute atomic E-state index is 11.3. The molecule has 0 unspecified atom stereocenters. The van der Waals surface area contributed by atoms with Gasteiger partial charge in [0.1, 0.15) is 11.3 Å². The summed E-state index contributed by atoms with van der Waals surface area (Å²) in [7, 11) is 1.26. The fraction of sp³-hybridized carbons (Fsp3) is 0.182. The van der Waals surface area contributed by atoms with Crippen LogP contribution >= 0.6 is 11.6 Å². The van der Waals surface area contributed by atoms with E-state index in [9.17, 15) is 9.90 Å². The minimum Gasteiger partial charge on any atom is -0.506 e. The van der Waals surface area contributed by atoms with Gasteiger partial charge in [-0.1, -0.05) is 23.8 Å². The van der Waals surface area contributed by atoms with E-state index in [1.807, 2.05) is 0 Å². The van der Waals surface area contributed by atoms with E-state index in [2.05, 4.69) is 4.74 Å². The highest BCUT2D eigenvalue weighted by Crippen LogP contribution is 2.31. The predicted octanol–water partition coefficient (Wildman–Crippen LogP) is 2.87. The molecule has 1 N–H and O–H groups in total. The molecule has 1 aromatic carbocycles. The maximum Gasteiger partial charge on any atom is 0.341 e. The Balaban J connectivity index is 3.34. The average Bonchev–Trinajstić information content (AvgIpc) is 2.23. The number of phenolic OH excluding ortho intramolecular Hbond substituents is 1. The number of aromatic hydroxyl groups is 1. The first-order chi connectivity index (χ1) is 7.11. The summed E-state index contributed by atoms with van der Waals surface area (Å²) in [4.78, 5) is 11.3. The Morgan fingerprint density at radius 3 is 2.73 bits per heavy atom. The molecule has 0 spiro atoms. The number of methoxy groups -OCH3 is 1. The van der Waals surface area contributed by atoms with Crippen LogP contribution in [0.25, 0.3) is 6.08 Å². The number of halogens is 1. The van der Waals surface area contributed by atoms with Crippen LogP contribution in [0.3, 0.4) is 0 Å². The number of esters is 1. The number of benzene rings is 1. The smallest absolute Gasteiger partial charge is 0.341 e. The van der Waals surface area contributed by atoms with E-state index in [-0.39, 0.29) is 11.3 Å². The zero-order valence-electron chi connectivity index (χ0n) is 8.45. The van der Waals surface area contributed by atoms with Gasteiger partial charge in [-0.25, -0.2) is 4.79 Å². The molecule has 1 aromatic rings. The van der Waals surface area contributed by atoms with Crippen LogP contribution < -0.4 is 0 Å². The molecule has 4 heteroatoms. The Morgan fingerprint density at radius 1 is 1.53 bits per heavy atom. The minimum atomic E-state index is -0.588. The number of carbonyl (C=O) groups is 1. The first kappa shape index (κ1) is 11.6. The van der Waals surface area contributed by atoms with Crippen molar-refractivity contribution in [3.8, 4) is 5.75 Å². The Kier molecular flexibility index (Phi) is 3.74. The van der Waals surface area contributed by atoms with Crippen molar-refractivity contribution in [1.29, 1.82) is 0 Å². The Hall–Kier alpha value is -1.48. The molecule has 0 aromatic heterocycles. The second-order valence-electron chi connectivity index (χ2n) is 2.85. The Morgan fingerprint density at radius 2 is 2.20 bits per heavy atom. The number of allylic oxidation sites excluding steroid dienone is 1. The van der Waals surface area contributed by atoms with Crippen LogP contribution in [0.5, 0.6) is 5.75 Å². The number of carbonyl (C=O) groups excluding carboxylic acids is 1. The standard InChI is InChI=1S/C11H11ClO3/c1-3-4-7-9(12)6-5-8(10(7)13)11(14)15-2/h3-6,13H,1-2H3. The van der Waals surface area contributed by atoms with E-state index in [0.29, 0.717) is 10.6 Å². The normalized spacial score (nSPS) is 10.6. The summed E-state index contributed by atoms with van der Waals surface area (Å²) >= 11 is 5.86. The molecule has 0 fully saturated rings. The molecule has 80 valence electrons. The Bertz CT molecular complexity index is 411. The highest BCUT2D eigenvalue weighted by molar-refractivity contribution is 6.32. The summed E-state index contributed by atoms with van der Waals surface area (Å²) in [6, 6.07) is 2.97. The van der Waals surface area contributed by atoms with Gasteiger partial charge in [0.2, 0.25) is 0 Å². The topological polar surface area (TPSA) is 46.5 Å². The fourth-order valence-corrected chi connectivity index (χ4v) is 1.40. The molecular formula is C11H11ClO3. The summed E-state index contributed by atoms with van der Waals surface area (Å²) < 4.78 is 4.52. The zero-order valence-corrected chi connectivity index (χ0v) is 9.21. The van der Waals surface area contributed by atoms with Crippen LogP contribution in [-0.2, 0) is 4.74 Å². The second kappa shape index (κ2) is 4.84. The maximum atomic E-state index is 11.3. The SMILES string of the molecule is CC=Cc1c(Cl)ccc(C(=O)OC)c1O. The minimum absolute atomic E-state index is 0.106. The summed E-state index contributed by atoms with van der Waals surface area (Å²) in [5, 5.41) is 10.2. The highest BCUT2D eigenvalue weighted by atomic mass is 35.5. The molecule has 0 radical (unpaired) electrons. The lowest BCUT2D eigenvalue weighted by molar-refractivity contribution is 0.0597. The van der Waals surface area contributed by atoms with Crippen molar-refractivity contribution in [3.63, 3.8) is 0 Å². The fourth-order valence-electron chi connectivity index (χ4n) is 1.18. The molecule has 0 aliphatic heterocycles. The van der Waals surface area contributed by atoms with Crippen molar-refractivity contribution in [2.75, 3.05) is 7.11 Å². The molecule has 0 saturated heterocycles. The lowest BCUT2D eigenvalue weighted by Gasteiger charge is -2.07. The van der Waals surface area contributed by atoms with Gasteiger partial charge in [0.05, 0.1) is 12.1 Å². The number of phenols is 1. The number of hydrogen-bond donors (Lipinski definition) is 1. The number of ether oxygens (including phenoxy) is 1. The van der Waals surface area contributed by atoms with Crippen molar-refractivity contribution in [2.45, 2.75) is 6.92 Å². The molecule has 0 bridgehead atoms.